The predicted molar refractivity (Wildman–Crippen MR) is 63.4 cm³/mol. The summed E-state index contributed by atoms with van der Waals surface area (Å²) in [4.78, 5) is 0. The molecule has 1 aromatic heterocycles. The molecule has 0 amide bonds. The van der Waals surface area contributed by atoms with E-state index in [1.54, 1.807) is 6.92 Å². The summed E-state index contributed by atoms with van der Waals surface area (Å²) < 4.78 is 28.8. The van der Waals surface area contributed by atoms with Crippen LogP contribution in [0.5, 0.6) is 0 Å². The van der Waals surface area contributed by atoms with Gasteiger partial charge in [-0.05, 0) is 25.2 Å². The molecule has 0 radical (unpaired) electrons. The van der Waals surface area contributed by atoms with Crippen molar-refractivity contribution in [3.8, 4) is 0 Å². The normalized spacial score (nSPS) is 30.4. The molecule has 0 N–H and O–H groups in total. The molecule has 96 valence electrons. The van der Waals surface area contributed by atoms with Crippen molar-refractivity contribution in [3.63, 3.8) is 0 Å². The van der Waals surface area contributed by atoms with Gasteiger partial charge in [-0.15, -0.1) is 10.2 Å². The van der Waals surface area contributed by atoms with Crippen LogP contribution in [0.4, 0.5) is 0 Å². The Morgan fingerprint density at radius 2 is 2.00 bits per heavy atom. The van der Waals surface area contributed by atoms with E-state index in [4.69, 9.17) is 4.42 Å². The average Bonchev–Trinajstić information content (AvgIpc) is 2.64. The summed E-state index contributed by atoms with van der Waals surface area (Å²) in [6.07, 6.45) is 3.73. The second-order valence-electron chi connectivity index (χ2n) is 5.01. The third kappa shape index (κ3) is 2.68. The minimum Gasteiger partial charge on any atom is -0.425 e. The van der Waals surface area contributed by atoms with E-state index in [0.29, 0.717) is 18.2 Å². The predicted octanol–water partition coefficient (Wildman–Crippen LogP) is 1.69. The van der Waals surface area contributed by atoms with E-state index in [1.807, 2.05) is 6.92 Å². The monoisotopic (exact) mass is 258 g/mol. The Bertz CT molecular complexity index is 495. The van der Waals surface area contributed by atoms with Crippen LogP contribution in [0.2, 0.25) is 0 Å². The van der Waals surface area contributed by atoms with Crippen LogP contribution >= 0.6 is 0 Å². The highest BCUT2D eigenvalue weighted by molar-refractivity contribution is 7.91. The Kier molecular flexibility index (Phi) is 3.25. The fourth-order valence-electron chi connectivity index (χ4n) is 2.58. The zero-order valence-corrected chi connectivity index (χ0v) is 11.2. The summed E-state index contributed by atoms with van der Waals surface area (Å²) in [7, 11) is -3.00. The van der Waals surface area contributed by atoms with Crippen LogP contribution in [0.3, 0.4) is 0 Å². The first-order valence-corrected chi connectivity index (χ1v) is 7.82. The summed E-state index contributed by atoms with van der Waals surface area (Å²) in [5.74, 6) is 1.43. The molecule has 0 aromatic carbocycles. The minimum atomic E-state index is -3.00. The number of rotatable bonds is 2. The first kappa shape index (κ1) is 12.5. The van der Waals surface area contributed by atoms with Crippen LogP contribution in [0.15, 0.2) is 4.42 Å². The van der Waals surface area contributed by atoms with Gasteiger partial charge in [0.1, 0.15) is 0 Å². The van der Waals surface area contributed by atoms with Crippen molar-refractivity contribution < 1.29 is 12.8 Å². The first-order chi connectivity index (χ1) is 7.88. The van der Waals surface area contributed by atoms with Gasteiger partial charge < -0.3 is 4.42 Å². The van der Waals surface area contributed by atoms with Crippen molar-refractivity contribution >= 4 is 9.84 Å². The lowest BCUT2D eigenvalue weighted by atomic mass is 9.82. The molecule has 3 atom stereocenters. The molecule has 6 heteroatoms. The summed E-state index contributed by atoms with van der Waals surface area (Å²) >= 11 is 0. The number of hydrogen-bond donors (Lipinski definition) is 0. The molecule has 1 aliphatic rings. The van der Waals surface area contributed by atoms with Crippen molar-refractivity contribution in [3.05, 3.63) is 11.8 Å². The van der Waals surface area contributed by atoms with E-state index in [1.165, 1.54) is 6.26 Å². The van der Waals surface area contributed by atoms with E-state index in [9.17, 15) is 8.42 Å². The topological polar surface area (TPSA) is 73.1 Å². The number of sulfone groups is 1. The van der Waals surface area contributed by atoms with Gasteiger partial charge >= 0.3 is 0 Å². The Balaban J connectivity index is 2.18. The highest BCUT2D eigenvalue weighted by Gasteiger charge is 2.36. The average molecular weight is 258 g/mol. The lowest BCUT2D eigenvalue weighted by molar-refractivity contribution is 0.305. The fourth-order valence-corrected chi connectivity index (χ4v) is 4.14. The number of aryl methyl sites for hydroxylation is 1. The standard InChI is InChI=1S/C11H18N2O3S/c1-7-4-5-9(6-10(7)17(3,14)15)11-13-12-8(2)16-11/h7,9-10H,4-6H2,1-3H3. The van der Waals surface area contributed by atoms with E-state index in [2.05, 4.69) is 10.2 Å². The Morgan fingerprint density at radius 3 is 2.53 bits per heavy atom. The molecule has 1 saturated carbocycles. The summed E-state index contributed by atoms with van der Waals surface area (Å²) in [5.41, 5.74) is 0. The zero-order valence-electron chi connectivity index (χ0n) is 10.4. The molecule has 5 nitrogen and oxygen atoms in total. The summed E-state index contributed by atoms with van der Waals surface area (Å²) in [6, 6.07) is 0. The largest absolute Gasteiger partial charge is 0.425 e. The molecule has 17 heavy (non-hydrogen) atoms. The molecule has 1 aliphatic carbocycles. The van der Waals surface area contributed by atoms with Gasteiger partial charge in [0.2, 0.25) is 11.8 Å². The second kappa shape index (κ2) is 4.40. The molecule has 1 fully saturated rings. The summed E-state index contributed by atoms with van der Waals surface area (Å²) in [5, 5.41) is 7.52. The van der Waals surface area contributed by atoms with Crippen LogP contribution in [0, 0.1) is 12.8 Å². The molecular weight excluding hydrogens is 240 g/mol. The van der Waals surface area contributed by atoms with Crippen LogP contribution in [-0.2, 0) is 9.84 Å². The first-order valence-electron chi connectivity index (χ1n) is 5.87. The Hall–Kier alpha value is -0.910. The van der Waals surface area contributed by atoms with Crippen LogP contribution < -0.4 is 0 Å². The van der Waals surface area contributed by atoms with Crippen LogP contribution in [0.1, 0.15) is 43.9 Å². The lowest BCUT2D eigenvalue weighted by Crippen LogP contribution is -2.33. The number of nitrogens with zero attached hydrogens (tertiary/aromatic N) is 2. The number of hydrogen-bond acceptors (Lipinski definition) is 5. The molecule has 0 saturated heterocycles. The molecule has 0 bridgehead atoms. The maximum Gasteiger partial charge on any atom is 0.219 e. The minimum absolute atomic E-state index is 0.0899. The van der Waals surface area contributed by atoms with Gasteiger partial charge in [-0.1, -0.05) is 6.92 Å². The Morgan fingerprint density at radius 1 is 1.29 bits per heavy atom. The number of aromatic nitrogens is 2. The van der Waals surface area contributed by atoms with Crippen molar-refractivity contribution in [2.75, 3.05) is 6.26 Å². The molecule has 1 aromatic rings. The lowest BCUT2D eigenvalue weighted by Gasteiger charge is -2.31. The maximum absolute atomic E-state index is 11.7. The van der Waals surface area contributed by atoms with Crippen molar-refractivity contribution in [1.82, 2.24) is 10.2 Å². The molecule has 1 heterocycles. The van der Waals surface area contributed by atoms with Gasteiger partial charge in [0.25, 0.3) is 0 Å². The van der Waals surface area contributed by atoms with E-state index in [-0.39, 0.29) is 17.1 Å². The van der Waals surface area contributed by atoms with E-state index in [0.717, 1.165) is 12.8 Å². The second-order valence-corrected chi connectivity index (χ2v) is 7.28. The molecule has 0 aliphatic heterocycles. The van der Waals surface area contributed by atoms with Crippen molar-refractivity contribution in [1.29, 1.82) is 0 Å². The van der Waals surface area contributed by atoms with Crippen molar-refractivity contribution in [2.24, 2.45) is 5.92 Å². The molecule has 2 rings (SSSR count). The van der Waals surface area contributed by atoms with Gasteiger partial charge in [-0.25, -0.2) is 8.42 Å². The van der Waals surface area contributed by atoms with Gasteiger partial charge in [0.05, 0.1) is 5.25 Å². The summed E-state index contributed by atoms with van der Waals surface area (Å²) in [6.45, 7) is 3.75. The smallest absolute Gasteiger partial charge is 0.219 e. The van der Waals surface area contributed by atoms with E-state index >= 15 is 0 Å². The van der Waals surface area contributed by atoms with Crippen LogP contribution in [-0.4, -0.2) is 30.1 Å². The fraction of sp³-hybridized carbons (Fsp3) is 0.818. The van der Waals surface area contributed by atoms with E-state index < -0.39 is 9.84 Å². The van der Waals surface area contributed by atoms with Gasteiger partial charge in [0, 0.05) is 19.1 Å². The van der Waals surface area contributed by atoms with Gasteiger partial charge in [0.15, 0.2) is 9.84 Å². The third-order valence-corrected chi connectivity index (χ3v) is 5.32. The third-order valence-electron chi connectivity index (χ3n) is 3.56. The zero-order chi connectivity index (χ0) is 12.6. The highest BCUT2D eigenvalue weighted by Crippen LogP contribution is 2.38. The Labute approximate surface area is 102 Å². The molecule has 0 spiro atoms. The SMILES string of the molecule is Cc1nnc(C2CCC(C)C(S(C)(=O)=O)C2)o1. The van der Waals surface area contributed by atoms with Crippen LogP contribution in [0.25, 0.3) is 0 Å². The van der Waals surface area contributed by atoms with Gasteiger partial charge in [-0.2, -0.15) is 0 Å². The maximum atomic E-state index is 11.7. The van der Waals surface area contributed by atoms with Crippen molar-refractivity contribution in [2.45, 2.75) is 44.3 Å². The highest BCUT2D eigenvalue weighted by atomic mass is 32.2. The van der Waals surface area contributed by atoms with Gasteiger partial charge in [-0.3, -0.25) is 0 Å². The molecule has 3 unspecified atom stereocenters. The quantitative estimate of drug-likeness (QED) is 0.807. The molecular formula is C11H18N2O3S.